The lowest BCUT2D eigenvalue weighted by Crippen LogP contribution is -2.34. The molecule has 2 N–H and O–H groups in total. The molecule has 2 aromatic rings. The minimum Gasteiger partial charge on any atom is -0.493 e. The number of benzene rings is 2. The Morgan fingerprint density at radius 2 is 1.56 bits per heavy atom. The molecule has 0 atom stereocenters. The molecule has 0 aliphatic rings. The molecule has 27 heavy (non-hydrogen) atoms. The fourth-order valence-electron chi connectivity index (χ4n) is 2.46. The second-order valence-corrected chi connectivity index (χ2v) is 7.31. The zero-order chi connectivity index (χ0) is 20.1. The fraction of sp³-hybridized carbons (Fsp3) is 0.263. The third-order valence-electron chi connectivity index (χ3n) is 3.91. The number of hydrogen-bond acceptors (Lipinski definition) is 5. The van der Waals surface area contributed by atoms with Crippen LogP contribution >= 0.6 is 34.8 Å². The summed E-state index contributed by atoms with van der Waals surface area (Å²) in [4.78, 5) is 12.6. The molecule has 0 unspecified atom stereocenters. The summed E-state index contributed by atoms with van der Waals surface area (Å²) in [7, 11) is 4.49. The van der Waals surface area contributed by atoms with Crippen molar-refractivity contribution < 1.29 is 19.0 Å². The summed E-state index contributed by atoms with van der Waals surface area (Å²) in [6.45, 7) is 4.00. The molecule has 0 aliphatic heterocycles. The SMILES string of the molecule is COc1cc(C(=O)NC(=S)Nc2cc(C)c(I)cc2C)cc(OC)c1OC. The molecule has 2 aromatic carbocycles. The Kier molecular flexibility index (Phi) is 7.25. The molecule has 0 aromatic heterocycles. The number of carbonyl (C=O) groups is 1. The second kappa shape index (κ2) is 9.23. The summed E-state index contributed by atoms with van der Waals surface area (Å²) in [6, 6.07) is 7.19. The minimum absolute atomic E-state index is 0.206. The molecule has 0 spiro atoms. The van der Waals surface area contributed by atoms with Gasteiger partial charge in [0.15, 0.2) is 16.6 Å². The Balaban J connectivity index is 2.19. The zero-order valence-electron chi connectivity index (χ0n) is 15.7. The molecule has 8 heteroatoms. The number of anilines is 1. The summed E-state index contributed by atoms with van der Waals surface area (Å²) in [5.41, 5.74) is 3.35. The average Bonchev–Trinajstić information content (AvgIpc) is 2.64. The molecule has 0 radical (unpaired) electrons. The van der Waals surface area contributed by atoms with Crippen LogP contribution in [-0.2, 0) is 0 Å². The maximum absolute atomic E-state index is 12.6. The van der Waals surface area contributed by atoms with Gasteiger partial charge in [0, 0.05) is 14.8 Å². The minimum atomic E-state index is -0.383. The van der Waals surface area contributed by atoms with E-state index in [1.807, 2.05) is 19.9 Å². The predicted molar refractivity (Wildman–Crippen MR) is 118 cm³/mol. The van der Waals surface area contributed by atoms with E-state index in [4.69, 9.17) is 26.4 Å². The number of methoxy groups -OCH3 is 3. The molecule has 0 saturated carbocycles. The highest BCUT2D eigenvalue weighted by molar-refractivity contribution is 14.1. The van der Waals surface area contributed by atoms with Crippen LogP contribution in [0.5, 0.6) is 17.2 Å². The van der Waals surface area contributed by atoms with Crippen LogP contribution in [0.1, 0.15) is 21.5 Å². The van der Waals surface area contributed by atoms with Crippen molar-refractivity contribution in [2.45, 2.75) is 13.8 Å². The summed E-state index contributed by atoms with van der Waals surface area (Å²) in [6.07, 6.45) is 0. The Morgan fingerprint density at radius 3 is 2.07 bits per heavy atom. The van der Waals surface area contributed by atoms with Crippen LogP contribution in [-0.4, -0.2) is 32.3 Å². The molecule has 0 heterocycles. The van der Waals surface area contributed by atoms with E-state index in [-0.39, 0.29) is 11.0 Å². The van der Waals surface area contributed by atoms with E-state index in [0.29, 0.717) is 22.8 Å². The number of rotatable bonds is 5. The van der Waals surface area contributed by atoms with Gasteiger partial charge in [0.05, 0.1) is 21.3 Å². The maximum atomic E-state index is 12.6. The standard InChI is InChI=1S/C19H21IN2O4S/c1-10-7-14(11(2)6-13(10)20)21-19(27)22-18(23)12-8-15(24-3)17(26-5)16(9-12)25-4/h6-9H,1-5H3,(H2,21,22,23,27). The lowest BCUT2D eigenvalue weighted by molar-refractivity contribution is 0.0977. The smallest absolute Gasteiger partial charge is 0.257 e. The van der Waals surface area contributed by atoms with Gasteiger partial charge >= 0.3 is 0 Å². The molecule has 0 aliphatic carbocycles. The molecular weight excluding hydrogens is 479 g/mol. The van der Waals surface area contributed by atoms with Gasteiger partial charge in [-0.05, 0) is 84.0 Å². The molecule has 0 bridgehead atoms. The second-order valence-electron chi connectivity index (χ2n) is 5.74. The number of amides is 1. The number of thiocarbonyl (C=S) groups is 1. The quantitative estimate of drug-likeness (QED) is 0.477. The van der Waals surface area contributed by atoms with Gasteiger partial charge in [-0.15, -0.1) is 0 Å². The molecule has 144 valence electrons. The molecule has 0 fully saturated rings. The first-order chi connectivity index (χ1) is 12.8. The van der Waals surface area contributed by atoms with Crippen molar-refractivity contribution in [3.05, 3.63) is 44.5 Å². The van der Waals surface area contributed by atoms with Gasteiger partial charge in [-0.3, -0.25) is 10.1 Å². The monoisotopic (exact) mass is 500 g/mol. The van der Waals surface area contributed by atoms with Gasteiger partial charge < -0.3 is 19.5 Å². The lowest BCUT2D eigenvalue weighted by atomic mass is 10.1. The fourth-order valence-corrected chi connectivity index (χ4v) is 3.28. The van der Waals surface area contributed by atoms with Crippen molar-refractivity contribution in [1.82, 2.24) is 5.32 Å². The number of carbonyl (C=O) groups excluding carboxylic acids is 1. The third-order valence-corrected chi connectivity index (χ3v) is 5.27. The summed E-state index contributed by atoms with van der Waals surface area (Å²) < 4.78 is 17.0. The van der Waals surface area contributed by atoms with Crippen molar-refractivity contribution in [2.75, 3.05) is 26.6 Å². The van der Waals surface area contributed by atoms with Crippen molar-refractivity contribution >= 4 is 51.5 Å². The summed E-state index contributed by atoms with van der Waals surface area (Å²) in [5, 5.41) is 5.95. The van der Waals surface area contributed by atoms with E-state index < -0.39 is 0 Å². The van der Waals surface area contributed by atoms with E-state index in [0.717, 1.165) is 16.8 Å². The van der Waals surface area contributed by atoms with Crippen LogP contribution in [0.4, 0.5) is 5.69 Å². The molecule has 2 rings (SSSR count). The Labute approximate surface area is 177 Å². The zero-order valence-corrected chi connectivity index (χ0v) is 18.7. The predicted octanol–water partition coefficient (Wildman–Crippen LogP) is 4.06. The number of nitrogens with one attached hydrogen (secondary N) is 2. The first-order valence-corrected chi connectivity index (χ1v) is 9.48. The maximum Gasteiger partial charge on any atom is 0.257 e. The van der Waals surface area contributed by atoms with Gasteiger partial charge in [0.2, 0.25) is 5.75 Å². The highest BCUT2D eigenvalue weighted by atomic mass is 127. The van der Waals surface area contributed by atoms with E-state index in [9.17, 15) is 4.79 Å². The van der Waals surface area contributed by atoms with E-state index in [2.05, 4.69) is 39.3 Å². The highest BCUT2D eigenvalue weighted by Crippen LogP contribution is 2.38. The van der Waals surface area contributed by atoms with Crippen molar-refractivity contribution in [3.63, 3.8) is 0 Å². The first-order valence-electron chi connectivity index (χ1n) is 7.99. The lowest BCUT2D eigenvalue weighted by Gasteiger charge is -2.15. The summed E-state index contributed by atoms with van der Waals surface area (Å²) >= 11 is 7.57. The van der Waals surface area contributed by atoms with Gasteiger partial charge in [-0.25, -0.2) is 0 Å². The number of halogens is 1. The highest BCUT2D eigenvalue weighted by Gasteiger charge is 2.18. The Morgan fingerprint density at radius 1 is 0.963 bits per heavy atom. The van der Waals surface area contributed by atoms with Crippen molar-refractivity contribution in [3.8, 4) is 17.2 Å². The Hall–Kier alpha value is -2.07. The van der Waals surface area contributed by atoms with Gasteiger partial charge in [0.25, 0.3) is 5.91 Å². The average molecular weight is 500 g/mol. The van der Waals surface area contributed by atoms with Crippen LogP contribution in [0, 0.1) is 17.4 Å². The van der Waals surface area contributed by atoms with Gasteiger partial charge in [0.1, 0.15) is 0 Å². The van der Waals surface area contributed by atoms with Crippen LogP contribution in [0.25, 0.3) is 0 Å². The van der Waals surface area contributed by atoms with Crippen molar-refractivity contribution in [1.29, 1.82) is 0 Å². The molecular formula is C19H21IN2O4S. The van der Waals surface area contributed by atoms with Crippen molar-refractivity contribution in [2.24, 2.45) is 0 Å². The molecule has 6 nitrogen and oxygen atoms in total. The number of hydrogen-bond donors (Lipinski definition) is 2. The third kappa shape index (κ3) is 5.01. The van der Waals surface area contributed by atoms with Crippen LogP contribution in [0.3, 0.4) is 0 Å². The van der Waals surface area contributed by atoms with E-state index in [1.165, 1.54) is 24.9 Å². The molecule has 1 amide bonds. The van der Waals surface area contributed by atoms with E-state index in [1.54, 1.807) is 12.1 Å². The normalized spacial score (nSPS) is 10.1. The Bertz CT molecular complexity index is 861. The topological polar surface area (TPSA) is 68.8 Å². The largest absolute Gasteiger partial charge is 0.493 e. The van der Waals surface area contributed by atoms with E-state index >= 15 is 0 Å². The van der Waals surface area contributed by atoms with Crippen LogP contribution in [0.15, 0.2) is 24.3 Å². The first kappa shape index (κ1) is 21.2. The number of ether oxygens (including phenoxy) is 3. The van der Waals surface area contributed by atoms with Gasteiger partial charge in [-0.1, -0.05) is 0 Å². The van der Waals surface area contributed by atoms with Crippen LogP contribution in [0.2, 0.25) is 0 Å². The molecule has 0 saturated heterocycles. The van der Waals surface area contributed by atoms with Crippen LogP contribution < -0.4 is 24.8 Å². The summed E-state index contributed by atoms with van der Waals surface area (Å²) in [5.74, 6) is 0.823. The number of aryl methyl sites for hydroxylation is 2. The van der Waals surface area contributed by atoms with Gasteiger partial charge in [-0.2, -0.15) is 0 Å².